The summed E-state index contributed by atoms with van der Waals surface area (Å²) in [5, 5.41) is 15.3. The second kappa shape index (κ2) is 7.84. The molecule has 2 aliphatic rings. The molecular weight excluding hydrogens is 366 g/mol. The van der Waals surface area contributed by atoms with Gasteiger partial charge in [-0.05, 0) is 78.6 Å². The van der Waals surface area contributed by atoms with Crippen LogP contribution in [0.3, 0.4) is 0 Å². The lowest BCUT2D eigenvalue weighted by atomic mass is 9.84. The summed E-state index contributed by atoms with van der Waals surface area (Å²) in [4.78, 5) is 12.5. The Morgan fingerprint density at radius 2 is 2.15 bits per heavy atom. The van der Waals surface area contributed by atoms with E-state index in [0.717, 1.165) is 11.8 Å². The molecule has 4 unspecified atom stereocenters. The second-order valence-electron chi connectivity index (χ2n) is 7.69. The first-order valence-electron chi connectivity index (χ1n) is 9.51. The van der Waals surface area contributed by atoms with Crippen LogP contribution in [0.4, 0.5) is 0 Å². The predicted molar refractivity (Wildman–Crippen MR) is 100 cm³/mol. The minimum Gasteiger partial charge on any atom is -0.486 e. The number of hydrogen-bond acceptors (Lipinski definition) is 5. The van der Waals surface area contributed by atoms with E-state index < -0.39 is 0 Å². The molecule has 2 saturated carbocycles. The SMILES string of the molecule is CC(NC(=O)Cn1nnnc1COc1ccc(Cl)cc1)C1CC2CCC1C2. The summed E-state index contributed by atoms with van der Waals surface area (Å²) < 4.78 is 7.15. The molecule has 4 atom stereocenters. The van der Waals surface area contributed by atoms with Gasteiger partial charge in [-0.2, -0.15) is 0 Å². The van der Waals surface area contributed by atoms with Gasteiger partial charge < -0.3 is 10.1 Å². The van der Waals surface area contributed by atoms with Crippen molar-refractivity contribution in [3.05, 3.63) is 35.1 Å². The Kier molecular flexibility index (Phi) is 5.29. The number of nitrogens with one attached hydrogen (secondary N) is 1. The standard InChI is InChI=1S/C19H24ClN5O2/c1-12(17-9-13-2-3-14(17)8-13)21-19(26)10-25-18(22-23-24-25)11-27-16-6-4-15(20)5-7-16/h4-7,12-14,17H,2-3,8-11H2,1H3,(H,21,26). The Morgan fingerprint density at radius 3 is 2.85 bits per heavy atom. The minimum atomic E-state index is -0.0645. The maximum Gasteiger partial charge on any atom is 0.242 e. The molecule has 7 nitrogen and oxygen atoms in total. The molecule has 0 radical (unpaired) electrons. The number of benzene rings is 1. The van der Waals surface area contributed by atoms with Gasteiger partial charge in [0.2, 0.25) is 5.91 Å². The van der Waals surface area contributed by atoms with Crippen molar-refractivity contribution >= 4 is 17.5 Å². The molecule has 1 aromatic heterocycles. The number of carbonyl (C=O) groups excluding carboxylic acids is 1. The number of rotatable bonds is 7. The number of halogens is 1. The monoisotopic (exact) mass is 389 g/mol. The van der Waals surface area contributed by atoms with Crippen molar-refractivity contribution in [2.24, 2.45) is 17.8 Å². The number of hydrogen-bond donors (Lipinski definition) is 1. The van der Waals surface area contributed by atoms with Crippen LogP contribution < -0.4 is 10.1 Å². The van der Waals surface area contributed by atoms with E-state index in [-0.39, 0.29) is 25.1 Å². The smallest absolute Gasteiger partial charge is 0.242 e. The highest BCUT2D eigenvalue weighted by atomic mass is 35.5. The van der Waals surface area contributed by atoms with E-state index in [2.05, 4.69) is 27.8 Å². The predicted octanol–water partition coefficient (Wildman–Crippen LogP) is 2.85. The van der Waals surface area contributed by atoms with Crippen molar-refractivity contribution in [3.8, 4) is 5.75 Å². The van der Waals surface area contributed by atoms with Crippen molar-refractivity contribution < 1.29 is 9.53 Å². The van der Waals surface area contributed by atoms with Crippen molar-refractivity contribution in [3.63, 3.8) is 0 Å². The summed E-state index contributed by atoms with van der Waals surface area (Å²) in [5.74, 6) is 3.37. The first kappa shape index (κ1) is 18.2. The van der Waals surface area contributed by atoms with E-state index >= 15 is 0 Å². The van der Waals surface area contributed by atoms with Crippen molar-refractivity contribution in [1.29, 1.82) is 0 Å². The Bertz CT molecular complexity index is 794. The third kappa shape index (κ3) is 4.24. The van der Waals surface area contributed by atoms with Gasteiger partial charge in [0.05, 0.1) is 0 Å². The number of ether oxygens (including phenoxy) is 1. The fraction of sp³-hybridized carbons (Fsp3) is 0.579. The number of tetrazole rings is 1. The lowest BCUT2D eigenvalue weighted by Crippen LogP contribution is -2.41. The van der Waals surface area contributed by atoms with E-state index in [4.69, 9.17) is 16.3 Å². The Hall–Kier alpha value is -2.15. The lowest BCUT2D eigenvalue weighted by molar-refractivity contribution is -0.123. The maximum absolute atomic E-state index is 12.5. The maximum atomic E-state index is 12.5. The van der Waals surface area contributed by atoms with E-state index in [1.165, 1.54) is 30.4 Å². The van der Waals surface area contributed by atoms with Crippen LogP contribution in [0.5, 0.6) is 5.75 Å². The van der Waals surface area contributed by atoms with E-state index in [1.807, 2.05) is 0 Å². The van der Waals surface area contributed by atoms with Crippen LogP contribution >= 0.6 is 11.6 Å². The molecular formula is C19H24ClN5O2. The first-order chi connectivity index (χ1) is 13.1. The molecule has 0 saturated heterocycles. The number of carbonyl (C=O) groups is 1. The van der Waals surface area contributed by atoms with Crippen LogP contribution in [0.1, 0.15) is 38.4 Å². The highest BCUT2D eigenvalue weighted by molar-refractivity contribution is 6.30. The Labute approximate surface area is 163 Å². The second-order valence-corrected chi connectivity index (χ2v) is 8.13. The Balaban J connectivity index is 1.29. The summed E-state index contributed by atoms with van der Waals surface area (Å²) in [7, 11) is 0. The lowest BCUT2D eigenvalue weighted by Gasteiger charge is -2.28. The molecule has 4 rings (SSSR count). The zero-order valence-corrected chi connectivity index (χ0v) is 16.1. The zero-order chi connectivity index (χ0) is 18.8. The number of nitrogens with zero attached hydrogens (tertiary/aromatic N) is 4. The van der Waals surface area contributed by atoms with Gasteiger partial charge in [-0.1, -0.05) is 18.0 Å². The number of amides is 1. The average molecular weight is 390 g/mol. The molecule has 0 spiro atoms. The van der Waals surface area contributed by atoms with Crippen molar-refractivity contribution in [2.75, 3.05) is 0 Å². The van der Waals surface area contributed by atoms with Gasteiger partial charge in [0, 0.05) is 11.1 Å². The molecule has 1 heterocycles. The van der Waals surface area contributed by atoms with Crippen molar-refractivity contribution in [1.82, 2.24) is 25.5 Å². The molecule has 2 bridgehead atoms. The van der Waals surface area contributed by atoms with Gasteiger partial charge in [0.1, 0.15) is 18.9 Å². The first-order valence-corrected chi connectivity index (χ1v) is 9.89. The van der Waals surface area contributed by atoms with Gasteiger partial charge in [-0.25, -0.2) is 4.68 Å². The number of aromatic nitrogens is 4. The third-order valence-corrected chi connectivity index (χ3v) is 6.16. The molecule has 2 fully saturated rings. The van der Waals surface area contributed by atoms with E-state index in [1.54, 1.807) is 24.3 Å². The number of fused-ring (bicyclic) bond motifs is 2. The van der Waals surface area contributed by atoms with Crippen molar-refractivity contribution in [2.45, 2.75) is 51.8 Å². The summed E-state index contributed by atoms with van der Waals surface area (Å²) in [6.45, 7) is 2.40. The molecule has 2 aromatic rings. The molecule has 27 heavy (non-hydrogen) atoms. The van der Waals surface area contributed by atoms with Gasteiger partial charge in [-0.15, -0.1) is 5.10 Å². The average Bonchev–Trinajstić information content (AvgIpc) is 3.38. The van der Waals surface area contributed by atoms with Crippen LogP contribution in [0.25, 0.3) is 0 Å². The van der Waals surface area contributed by atoms with Gasteiger partial charge >= 0.3 is 0 Å². The highest BCUT2D eigenvalue weighted by Gasteiger charge is 2.42. The van der Waals surface area contributed by atoms with Crippen LogP contribution in [-0.2, 0) is 17.9 Å². The zero-order valence-electron chi connectivity index (χ0n) is 15.3. The quantitative estimate of drug-likeness (QED) is 0.787. The third-order valence-electron chi connectivity index (χ3n) is 5.90. The summed E-state index contributed by atoms with van der Waals surface area (Å²) in [6.07, 6.45) is 5.26. The van der Waals surface area contributed by atoms with Gasteiger partial charge in [-0.3, -0.25) is 4.79 Å². The molecule has 0 aliphatic heterocycles. The molecule has 1 aromatic carbocycles. The normalized spacial score (nSPS) is 24.7. The van der Waals surface area contributed by atoms with Crippen LogP contribution in [0.2, 0.25) is 5.02 Å². The molecule has 1 amide bonds. The minimum absolute atomic E-state index is 0.0645. The van der Waals surface area contributed by atoms with Crippen LogP contribution in [0.15, 0.2) is 24.3 Å². The summed E-state index contributed by atoms with van der Waals surface area (Å²) in [5.41, 5.74) is 0. The summed E-state index contributed by atoms with van der Waals surface area (Å²) >= 11 is 5.87. The molecule has 8 heteroatoms. The van der Waals surface area contributed by atoms with Crippen LogP contribution in [-0.4, -0.2) is 32.2 Å². The van der Waals surface area contributed by atoms with Gasteiger partial charge in [0.15, 0.2) is 5.82 Å². The molecule has 144 valence electrons. The molecule has 1 N–H and O–H groups in total. The summed E-state index contributed by atoms with van der Waals surface area (Å²) in [6, 6.07) is 7.26. The topological polar surface area (TPSA) is 81.9 Å². The van der Waals surface area contributed by atoms with E-state index in [0.29, 0.717) is 22.5 Å². The van der Waals surface area contributed by atoms with Gasteiger partial charge in [0.25, 0.3) is 0 Å². The molecule has 2 aliphatic carbocycles. The van der Waals surface area contributed by atoms with E-state index in [9.17, 15) is 4.79 Å². The Morgan fingerprint density at radius 1 is 1.33 bits per heavy atom. The highest BCUT2D eigenvalue weighted by Crippen LogP contribution is 2.49. The largest absolute Gasteiger partial charge is 0.486 e. The fourth-order valence-corrected chi connectivity index (χ4v) is 4.70. The van der Waals surface area contributed by atoms with Crippen LogP contribution in [0, 0.1) is 17.8 Å². The fourth-order valence-electron chi connectivity index (χ4n) is 4.58.